The van der Waals surface area contributed by atoms with E-state index in [-0.39, 0.29) is 0 Å². The molecule has 0 saturated heterocycles. The number of rotatable bonds is 5. The van der Waals surface area contributed by atoms with Crippen LogP contribution in [0.25, 0.3) is 0 Å². The Balaban J connectivity index is 2.28. The lowest BCUT2D eigenvalue weighted by Gasteiger charge is -2.12. The summed E-state index contributed by atoms with van der Waals surface area (Å²) >= 11 is 9.74. The maximum atomic E-state index is 6.05. The van der Waals surface area contributed by atoms with Gasteiger partial charge in [0.05, 0.1) is 15.9 Å². The Kier molecular flexibility index (Phi) is 3.65. The molecule has 16 heavy (non-hydrogen) atoms. The lowest BCUT2D eigenvalue weighted by atomic mass is 10.0. The highest BCUT2D eigenvalue weighted by atomic mass is 79.9. The third kappa shape index (κ3) is 2.17. The maximum Gasteiger partial charge on any atom is 0.0766 e. The topological polar surface area (TPSA) is 17.8 Å². The summed E-state index contributed by atoms with van der Waals surface area (Å²) < 4.78 is 3.32. The van der Waals surface area contributed by atoms with Crippen LogP contribution >= 0.6 is 27.5 Å². The van der Waals surface area contributed by atoms with Crippen LogP contribution in [0.1, 0.15) is 38.1 Å². The molecular weight excluding hydrogens is 288 g/mol. The minimum atomic E-state index is 0.363. The highest BCUT2D eigenvalue weighted by molar-refractivity contribution is 9.10. The van der Waals surface area contributed by atoms with Crippen molar-refractivity contribution in [2.45, 2.75) is 46.1 Å². The fourth-order valence-electron chi connectivity index (χ4n) is 2.08. The highest BCUT2D eigenvalue weighted by Gasteiger charge is 2.43. The molecule has 0 radical (unpaired) electrons. The summed E-state index contributed by atoms with van der Waals surface area (Å²) in [5.74, 6) is 0.774. The molecule has 0 N–H and O–H groups in total. The molecule has 4 heteroatoms. The summed E-state index contributed by atoms with van der Waals surface area (Å²) in [5, 5.41) is 4.62. The molecule has 1 aliphatic rings. The van der Waals surface area contributed by atoms with Crippen LogP contribution in [0.5, 0.6) is 0 Å². The van der Waals surface area contributed by atoms with Crippen LogP contribution in [-0.2, 0) is 19.4 Å². The monoisotopic (exact) mass is 304 g/mol. The summed E-state index contributed by atoms with van der Waals surface area (Å²) in [5.41, 5.74) is 2.86. The largest absolute Gasteiger partial charge is 0.268 e. The quantitative estimate of drug-likeness (QED) is 0.757. The van der Waals surface area contributed by atoms with Crippen molar-refractivity contribution >= 4 is 27.5 Å². The number of hydrogen-bond acceptors (Lipinski definition) is 1. The molecule has 2 nitrogen and oxygen atoms in total. The number of nitrogens with zero attached hydrogens (tertiary/aromatic N) is 2. The molecule has 1 aromatic heterocycles. The Morgan fingerprint density at radius 3 is 2.56 bits per heavy atom. The molecule has 1 heterocycles. The zero-order chi connectivity index (χ0) is 11.8. The van der Waals surface area contributed by atoms with E-state index < -0.39 is 0 Å². The van der Waals surface area contributed by atoms with Crippen molar-refractivity contribution in [1.29, 1.82) is 0 Å². The van der Waals surface area contributed by atoms with Gasteiger partial charge in [-0.15, -0.1) is 11.6 Å². The van der Waals surface area contributed by atoms with E-state index in [1.165, 1.54) is 28.7 Å². The lowest BCUT2D eigenvalue weighted by molar-refractivity contribution is 0.522. The Morgan fingerprint density at radius 1 is 1.44 bits per heavy atom. The Hall–Kier alpha value is -0.0200. The first kappa shape index (κ1) is 12.4. The summed E-state index contributed by atoms with van der Waals surface area (Å²) in [6, 6.07) is 0. The van der Waals surface area contributed by atoms with Crippen molar-refractivity contribution < 1.29 is 0 Å². The minimum absolute atomic E-state index is 0.363. The molecule has 0 unspecified atom stereocenters. The molecule has 0 atom stereocenters. The van der Waals surface area contributed by atoms with Gasteiger partial charge in [-0.1, -0.05) is 6.92 Å². The summed E-state index contributed by atoms with van der Waals surface area (Å²) in [7, 11) is 0. The second-order valence-electron chi connectivity index (χ2n) is 4.69. The van der Waals surface area contributed by atoms with Gasteiger partial charge in [-0.3, -0.25) is 4.68 Å². The first-order chi connectivity index (χ1) is 7.65. The Bertz CT molecular complexity index is 383. The van der Waals surface area contributed by atoms with Gasteiger partial charge in [0.1, 0.15) is 0 Å². The number of halogens is 2. The van der Waals surface area contributed by atoms with E-state index in [2.05, 4.69) is 39.6 Å². The van der Waals surface area contributed by atoms with Crippen LogP contribution in [0.2, 0.25) is 0 Å². The third-order valence-corrected chi connectivity index (χ3v) is 4.96. The van der Waals surface area contributed by atoms with Crippen molar-refractivity contribution in [1.82, 2.24) is 9.78 Å². The van der Waals surface area contributed by atoms with E-state index in [0.29, 0.717) is 5.41 Å². The molecule has 90 valence electrons. The van der Waals surface area contributed by atoms with Crippen molar-refractivity contribution in [2.75, 3.05) is 5.88 Å². The minimum Gasteiger partial charge on any atom is -0.268 e. The number of aromatic nitrogens is 2. The number of alkyl halides is 1. The average molecular weight is 306 g/mol. The smallest absolute Gasteiger partial charge is 0.0766 e. The van der Waals surface area contributed by atoms with E-state index >= 15 is 0 Å². The van der Waals surface area contributed by atoms with Gasteiger partial charge < -0.3 is 0 Å². The van der Waals surface area contributed by atoms with Gasteiger partial charge in [0.25, 0.3) is 0 Å². The number of aryl methyl sites for hydroxylation is 2. The fraction of sp³-hybridized carbons (Fsp3) is 0.750. The standard InChI is InChI=1S/C12H18BrClN2/c1-3-9-11(13)10(16(4-2)15-9)7-12(8-14)5-6-12/h3-8H2,1-2H3. The predicted molar refractivity (Wildman–Crippen MR) is 71.1 cm³/mol. The van der Waals surface area contributed by atoms with Crippen LogP contribution in [0.3, 0.4) is 0 Å². The van der Waals surface area contributed by atoms with Gasteiger partial charge in [0.2, 0.25) is 0 Å². The molecule has 1 aromatic rings. The molecule has 0 spiro atoms. The van der Waals surface area contributed by atoms with E-state index in [1.54, 1.807) is 0 Å². The molecule has 1 saturated carbocycles. The SMILES string of the molecule is CCc1nn(CC)c(CC2(CCl)CC2)c1Br. The fourth-order valence-corrected chi connectivity index (χ4v) is 3.14. The summed E-state index contributed by atoms with van der Waals surface area (Å²) in [4.78, 5) is 0. The second kappa shape index (κ2) is 4.69. The highest BCUT2D eigenvalue weighted by Crippen LogP contribution is 2.50. The van der Waals surface area contributed by atoms with Crippen LogP contribution in [0.4, 0.5) is 0 Å². The van der Waals surface area contributed by atoms with Crippen molar-refractivity contribution in [3.05, 3.63) is 15.9 Å². The number of hydrogen-bond donors (Lipinski definition) is 0. The lowest BCUT2D eigenvalue weighted by Crippen LogP contribution is -2.12. The van der Waals surface area contributed by atoms with E-state index in [1.807, 2.05) is 0 Å². The van der Waals surface area contributed by atoms with Crippen molar-refractivity contribution in [2.24, 2.45) is 5.41 Å². The molecule has 2 rings (SSSR count). The van der Waals surface area contributed by atoms with E-state index in [4.69, 9.17) is 11.6 Å². The zero-order valence-electron chi connectivity index (χ0n) is 9.89. The summed E-state index contributed by atoms with van der Waals surface area (Å²) in [6.45, 7) is 5.22. The van der Waals surface area contributed by atoms with Crippen LogP contribution < -0.4 is 0 Å². The van der Waals surface area contributed by atoms with Gasteiger partial charge in [-0.2, -0.15) is 5.10 Å². The van der Waals surface area contributed by atoms with Crippen LogP contribution in [0, 0.1) is 5.41 Å². The molecule has 1 aliphatic carbocycles. The molecule has 0 aromatic carbocycles. The molecule has 0 bridgehead atoms. The summed E-state index contributed by atoms with van der Waals surface area (Å²) in [6.07, 6.45) is 4.57. The predicted octanol–water partition coefficient (Wildman–Crippen LogP) is 3.79. The van der Waals surface area contributed by atoms with Gasteiger partial charge in [-0.05, 0) is 54.0 Å². The van der Waals surface area contributed by atoms with E-state index in [9.17, 15) is 0 Å². The van der Waals surface area contributed by atoms with Gasteiger partial charge in [-0.25, -0.2) is 0 Å². The molecular formula is C12H18BrClN2. The first-order valence-corrected chi connectivity index (χ1v) is 7.28. The van der Waals surface area contributed by atoms with Crippen LogP contribution in [-0.4, -0.2) is 15.7 Å². The van der Waals surface area contributed by atoms with E-state index in [0.717, 1.165) is 25.3 Å². The Labute approximate surface area is 110 Å². The van der Waals surface area contributed by atoms with Gasteiger partial charge in [0, 0.05) is 12.4 Å². The van der Waals surface area contributed by atoms with Gasteiger partial charge >= 0.3 is 0 Å². The van der Waals surface area contributed by atoms with Crippen molar-refractivity contribution in [3.8, 4) is 0 Å². The Morgan fingerprint density at radius 2 is 2.12 bits per heavy atom. The van der Waals surface area contributed by atoms with Crippen LogP contribution in [0.15, 0.2) is 4.47 Å². The average Bonchev–Trinajstić information content (AvgIpc) is 3.02. The maximum absolute atomic E-state index is 6.05. The molecule has 0 amide bonds. The van der Waals surface area contributed by atoms with Crippen molar-refractivity contribution in [3.63, 3.8) is 0 Å². The first-order valence-electron chi connectivity index (χ1n) is 5.96. The van der Waals surface area contributed by atoms with Gasteiger partial charge in [0.15, 0.2) is 0 Å². The zero-order valence-corrected chi connectivity index (χ0v) is 12.2. The third-order valence-electron chi connectivity index (χ3n) is 3.48. The second-order valence-corrected chi connectivity index (χ2v) is 5.75. The molecule has 0 aliphatic heterocycles. The normalized spacial score (nSPS) is 17.8. The molecule has 1 fully saturated rings.